The highest BCUT2D eigenvalue weighted by Crippen LogP contribution is 2.19. The van der Waals surface area contributed by atoms with Crippen LogP contribution in [0.1, 0.15) is 60.8 Å². The summed E-state index contributed by atoms with van der Waals surface area (Å²) in [5, 5.41) is 3.62. The molecule has 0 bridgehead atoms. The van der Waals surface area contributed by atoms with Gasteiger partial charge >= 0.3 is 0 Å². The minimum Gasteiger partial charge on any atom is -0.370 e. The Kier molecular flexibility index (Phi) is 5.96. The zero-order valence-corrected chi connectivity index (χ0v) is 12.3. The molecule has 5 N–H and O–H groups in total. The molecule has 0 amide bonds. The van der Waals surface area contributed by atoms with Crippen molar-refractivity contribution in [1.29, 1.82) is 0 Å². The van der Waals surface area contributed by atoms with Gasteiger partial charge in [-0.15, -0.1) is 0 Å². The maximum absolute atomic E-state index is 5.42. The van der Waals surface area contributed by atoms with Crippen molar-refractivity contribution in [1.82, 2.24) is 5.32 Å². The molecule has 0 fully saturated rings. The van der Waals surface area contributed by atoms with Crippen LogP contribution in [0.15, 0.2) is 4.99 Å². The van der Waals surface area contributed by atoms with E-state index in [4.69, 9.17) is 11.5 Å². The molecule has 0 saturated heterocycles. The Bertz CT molecular complexity index is 252. The molecular weight excluding hydrogens is 212 g/mol. The summed E-state index contributed by atoms with van der Waals surface area (Å²) in [6, 6.07) is 0.471. The fourth-order valence-corrected chi connectivity index (χ4v) is 1.82. The van der Waals surface area contributed by atoms with Crippen LogP contribution in [0.25, 0.3) is 0 Å². The van der Waals surface area contributed by atoms with Crippen molar-refractivity contribution in [3.05, 3.63) is 0 Å². The van der Waals surface area contributed by atoms with Crippen LogP contribution in [-0.4, -0.2) is 23.1 Å². The smallest absolute Gasteiger partial charge is 0.186 e. The first-order chi connectivity index (χ1) is 7.58. The minimum atomic E-state index is -0.175. The van der Waals surface area contributed by atoms with Crippen LogP contribution in [0, 0.1) is 0 Å². The van der Waals surface area contributed by atoms with E-state index in [9.17, 15) is 0 Å². The van der Waals surface area contributed by atoms with E-state index in [1.807, 2.05) is 0 Å². The molecule has 1 unspecified atom stereocenters. The van der Waals surface area contributed by atoms with E-state index in [0.29, 0.717) is 6.04 Å². The van der Waals surface area contributed by atoms with Gasteiger partial charge in [0.25, 0.3) is 0 Å². The molecule has 0 rings (SSSR count). The van der Waals surface area contributed by atoms with E-state index in [1.165, 1.54) is 0 Å². The number of hydrogen-bond acceptors (Lipinski definition) is 2. The molecule has 0 aliphatic carbocycles. The fraction of sp³-hybridized carbons (Fsp3) is 0.923. The molecule has 0 heterocycles. The van der Waals surface area contributed by atoms with E-state index < -0.39 is 0 Å². The maximum Gasteiger partial charge on any atom is 0.186 e. The Morgan fingerprint density at radius 2 is 1.76 bits per heavy atom. The zero-order valence-electron chi connectivity index (χ0n) is 12.3. The van der Waals surface area contributed by atoms with Gasteiger partial charge < -0.3 is 16.8 Å². The maximum atomic E-state index is 5.42. The second-order valence-corrected chi connectivity index (χ2v) is 6.17. The number of aliphatic imine (C=N–C) groups is 1. The Balaban J connectivity index is 4.16. The highest BCUT2D eigenvalue weighted by atomic mass is 15.0. The van der Waals surface area contributed by atoms with Gasteiger partial charge in [0.2, 0.25) is 0 Å². The number of nitrogens with two attached hydrogens (primary N) is 2. The number of hydrogen-bond donors (Lipinski definition) is 3. The van der Waals surface area contributed by atoms with Crippen molar-refractivity contribution < 1.29 is 0 Å². The van der Waals surface area contributed by atoms with Gasteiger partial charge in [0.15, 0.2) is 5.96 Å². The van der Waals surface area contributed by atoms with Crippen molar-refractivity contribution in [2.24, 2.45) is 16.5 Å². The van der Waals surface area contributed by atoms with Gasteiger partial charge in [-0.05, 0) is 53.9 Å². The summed E-state index contributed by atoms with van der Waals surface area (Å²) in [6.07, 6.45) is 3.15. The average Bonchev–Trinajstić information content (AvgIpc) is 2.12. The van der Waals surface area contributed by atoms with Crippen molar-refractivity contribution in [2.45, 2.75) is 77.9 Å². The third-order valence-corrected chi connectivity index (χ3v) is 3.14. The fourth-order valence-electron chi connectivity index (χ4n) is 1.82. The topological polar surface area (TPSA) is 76.4 Å². The first-order valence-corrected chi connectivity index (χ1v) is 6.46. The van der Waals surface area contributed by atoms with Crippen molar-refractivity contribution in [3.63, 3.8) is 0 Å². The first-order valence-electron chi connectivity index (χ1n) is 6.46. The molecule has 17 heavy (non-hydrogen) atoms. The zero-order chi connectivity index (χ0) is 13.7. The van der Waals surface area contributed by atoms with Gasteiger partial charge in [-0.1, -0.05) is 6.92 Å². The summed E-state index contributed by atoms with van der Waals surface area (Å²) in [4.78, 5) is 4.24. The van der Waals surface area contributed by atoms with Crippen LogP contribution >= 0.6 is 0 Å². The van der Waals surface area contributed by atoms with Gasteiger partial charge in [0.1, 0.15) is 0 Å². The standard InChI is InChI=1S/C13H30N4/c1-7-12(3,4)16-10(2)8-9-13(5,6)17-11(14)15/h10,16H,7-9H2,1-6H3,(H4,14,15,17). The number of nitrogens with zero attached hydrogens (tertiary/aromatic N) is 1. The quantitative estimate of drug-likeness (QED) is 0.472. The molecule has 0 aromatic rings. The van der Waals surface area contributed by atoms with Gasteiger partial charge in [0, 0.05) is 11.6 Å². The third-order valence-electron chi connectivity index (χ3n) is 3.14. The van der Waals surface area contributed by atoms with Crippen LogP contribution in [0.5, 0.6) is 0 Å². The molecule has 0 saturated carbocycles. The lowest BCUT2D eigenvalue weighted by atomic mass is 9.94. The largest absolute Gasteiger partial charge is 0.370 e. The Hall–Kier alpha value is -0.770. The summed E-state index contributed by atoms with van der Waals surface area (Å²) in [6.45, 7) is 13.0. The predicted octanol–water partition coefficient (Wildman–Crippen LogP) is 1.99. The van der Waals surface area contributed by atoms with Crippen molar-refractivity contribution in [2.75, 3.05) is 0 Å². The summed E-state index contributed by atoms with van der Waals surface area (Å²) < 4.78 is 0. The van der Waals surface area contributed by atoms with E-state index in [-0.39, 0.29) is 17.0 Å². The molecule has 0 aliphatic heterocycles. The molecule has 4 heteroatoms. The number of guanidine groups is 1. The molecule has 0 spiro atoms. The van der Waals surface area contributed by atoms with Crippen LogP contribution in [-0.2, 0) is 0 Å². The van der Waals surface area contributed by atoms with E-state index in [1.54, 1.807) is 0 Å². The highest BCUT2D eigenvalue weighted by Gasteiger charge is 2.21. The first kappa shape index (κ1) is 16.2. The van der Waals surface area contributed by atoms with Crippen LogP contribution < -0.4 is 16.8 Å². The van der Waals surface area contributed by atoms with Gasteiger partial charge in [0.05, 0.1) is 5.54 Å². The summed E-state index contributed by atoms with van der Waals surface area (Å²) >= 11 is 0. The lowest BCUT2D eigenvalue weighted by molar-refractivity contribution is 0.307. The van der Waals surface area contributed by atoms with Crippen LogP contribution in [0.2, 0.25) is 0 Å². The van der Waals surface area contributed by atoms with E-state index >= 15 is 0 Å². The second-order valence-electron chi connectivity index (χ2n) is 6.17. The summed E-state index contributed by atoms with van der Waals surface area (Å²) in [5.74, 6) is 0.171. The molecule has 0 radical (unpaired) electrons. The van der Waals surface area contributed by atoms with E-state index in [2.05, 4.69) is 51.9 Å². The Labute approximate surface area is 106 Å². The monoisotopic (exact) mass is 242 g/mol. The lowest BCUT2D eigenvalue weighted by Crippen LogP contribution is -2.44. The van der Waals surface area contributed by atoms with Gasteiger partial charge in [-0.3, -0.25) is 0 Å². The molecule has 0 aromatic carbocycles. The number of nitrogens with one attached hydrogen (secondary N) is 1. The van der Waals surface area contributed by atoms with Crippen LogP contribution in [0.3, 0.4) is 0 Å². The van der Waals surface area contributed by atoms with E-state index in [0.717, 1.165) is 19.3 Å². The summed E-state index contributed by atoms with van der Waals surface area (Å²) in [5.41, 5.74) is 10.9. The highest BCUT2D eigenvalue weighted by molar-refractivity contribution is 5.76. The van der Waals surface area contributed by atoms with Gasteiger partial charge in [-0.25, -0.2) is 4.99 Å². The normalized spacial score (nSPS) is 14.5. The average molecular weight is 242 g/mol. The minimum absolute atomic E-state index is 0.171. The Morgan fingerprint density at radius 3 is 2.18 bits per heavy atom. The van der Waals surface area contributed by atoms with Gasteiger partial charge in [-0.2, -0.15) is 0 Å². The number of rotatable bonds is 7. The Morgan fingerprint density at radius 1 is 1.24 bits per heavy atom. The summed E-state index contributed by atoms with van der Waals surface area (Å²) in [7, 11) is 0. The predicted molar refractivity (Wildman–Crippen MR) is 76.1 cm³/mol. The molecule has 0 aliphatic rings. The lowest BCUT2D eigenvalue weighted by Gasteiger charge is -2.30. The van der Waals surface area contributed by atoms with Crippen molar-refractivity contribution >= 4 is 5.96 Å². The molecule has 1 atom stereocenters. The molecule has 102 valence electrons. The second kappa shape index (κ2) is 6.24. The van der Waals surface area contributed by atoms with Crippen molar-refractivity contribution in [3.8, 4) is 0 Å². The SMILES string of the molecule is CCC(C)(C)NC(C)CCC(C)(C)N=C(N)N. The van der Waals surface area contributed by atoms with Crippen LogP contribution in [0.4, 0.5) is 0 Å². The molecular formula is C13H30N4. The third kappa shape index (κ3) is 8.02. The molecule has 0 aromatic heterocycles. The molecule has 4 nitrogen and oxygen atoms in total.